The first-order valence-corrected chi connectivity index (χ1v) is 6.91. The first kappa shape index (κ1) is 14.7. The molecule has 1 heterocycles. The summed E-state index contributed by atoms with van der Waals surface area (Å²) in [5, 5.41) is 0. The summed E-state index contributed by atoms with van der Waals surface area (Å²) in [4.78, 5) is 13.5. The van der Waals surface area contributed by atoms with Crippen LogP contribution in [-0.2, 0) is 4.74 Å². The number of rotatable bonds is 2. The highest BCUT2D eigenvalue weighted by Gasteiger charge is 2.45. The maximum absolute atomic E-state index is 11.9. The van der Waals surface area contributed by atoms with Crippen molar-refractivity contribution in [3.63, 3.8) is 0 Å². The molecule has 0 N–H and O–H groups in total. The second kappa shape index (κ2) is 5.00. The average Bonchev–Trinajstić information content (AvgIpc) is 2.26. The van der Waals surface area contributed by atoms with Gasteiger partial charge >= 0.3 is 6.09 Å². The van der Waals surface area contributed by atoms with Crippen LogP contribution in [0, 0.1) is 6.92 Å². The molecular weight excluding hydrogens is 254 g/mol. The Morgan fingerprint density at radius 1 is 1.20 bits per heavy atom. The zero-order chi connectivity index (χ0) is 15.0. The number of ether oxygens (including phenoxy) is 2. The van der Waals surface area contributed by atoms with Crippen LogP contribution in [0.2, 0.25) is 0 Å². The fraction of sp³-hybridized carbons (Fsp3) is 0.562. The highest BCUT2D eigenvalue weighted by Crippen LogP contribution is 2.28. The molecular formula is C16H23NO3. The van der Waals surface area contributed by atoms with E-state index < -0.39 is 5.60 Å². The maximum Gasteiger partial charge on any atom is 0.410 e. The lowest BCUT2D eigenvalue weighted by atomic mass is 9.97. The van der Waals surface area contributed by atoms with E-state index in [-0.39, 0.29) is 11.7 Å². The number of hydrogen-bond donors (Lipinski definition) is 0. The van der Waals surface area contributed by atoms with Crippen molar-refractivity contribution in [1.29, 1.82) is 0 Å². The van der Waals surface area contributed by atoms with E-state index in [0.29, 0.717) is 13.1 Å². The number of likely N-dealkylation sites (tertiary alicyclic amines) is 1. The molecule has 20 heavy (non-hydrogen) atoms. The second-order valence-corrected chi connectivity index (χ2v) is 6.70. The summed E-state index contributed by atoms with van der Waals surface area (Å²) in [5.74, 6) is 0.835. The van der Waals surface area contributed by atoms with Gasteiger partial charge in [0.05, 0.1) is 13.1 Å². The molecule has 0 aromatic heterocycles. The Morgan fingerprint density at radius 3 is 2.25 bits per heavy atom. The zero-order valence-electron chi connectivity index (χ0n) is 12.9. The Hall–Kier alpha value is -1.71. The Balaban J connectivity index is 1.87. The summed E-state index contributed by atoms with van der Waals surface area (Å²) >= 11 is 0. The molecule has 2 rings (SSSR count). The van der Waals surface area contributed by atoms with Crippen LogP contribution >= 0.6 is 0 Å². The van der Waals surface area contributed by atoms with Gasteiger partial charge in [-0.2, -0.15) is 0 Å². The highest BCUT2D eigenvalue weighted by atomic mass is 16.6. The molecule has 4 nitrogen and oxygen atoms in total. The molecule has 110 valence electrons. The molecule has 1 amide bonds. The Labute approximate surface area is 120 Å². The Bertz CT molecular complexity index is 481. The van der Waals surface area contributed by atoms with E-state index in [1.54, 1.807) is 4.90 Å². The lowest BCUT2D eigenvalue weighted by Crippen LogP contribution is -2.65. The van der Waals surface area contributed by atoms with Crippen LogP contribution in [0.5, 0.6) is 5.75 Å². The van der Waals surface area contributed by atoms with Crippen molar-refractivity contribution >= 4 is 6.09 Å². The summed E-state index contributed by atoms with van der Waals surface area (Å²) < 4.78 is 11.3. The minimum absolute atomic E-state index is 0.275. The van der Waals surface area contributed by atoms with Crippen molar-refractivity contribution in [3.8, 4) is 5.75 Å². The molecule has 0 radical (unpaired) electrons. The van der Waals surface area contributed by atoms with E-state index in [1.807, 2.05) is 58.9 Å². The topological polar surface area (TPSA) is 38.8 Å². The smallest absolute Gasteiger partial charge is 0.410 e. The fourth-order valence-electron chi connectivity index (χ4n) is 2.17. The molecule has 1 aromatic rings. The number of nitrogens with zero attached hydrogens (tertiary/aromatic N) is 1. The van der Waals surface area contributed by atoms with Crippen molar-refractivity contribution in [2.45, 2.75) is 45.8 Å². The second-order valence-electron chi connectivity index (χ2n) is 6.70. The normalized spacial score (nSPS) is 17.4. The van der Waals surface area contributed by atoms with E-state index in [4.69, 9.17) is 9.47 Å². The van der Waals surface area contributed by atoms with Gasteiger partial charge in [0.1, 0.15) is 17.0 Å². The molecule has 1 saturated heterocycles. The average molecular weight is 277 g/mol. The molecule has 0 unspecified atom stereocenters. The van der Waals surface area contributed by atoms with Gasteiger partial charge < -0.3 is 14.4 Å². The highest BCUT2D eigenvalue weighted by molar-refractivity contribution is 5.69. The molecule has 0 saturated carbocycles. The maximum atomic E-state index is 11.9. The molecule has 0 aliphatic carbocycles. The van der Waals surface area contributed by atoms with Crippen molar-refractivity contribution in [2.75, 3.05) is 13.1 Å². The predicted octanol–water partition coefficient (Wildman–Crippen LogP) is 3.38. The summed E-state index contributed by atoms with van der Waals surface area (Å²) in [6.45, 7) is 10.8. The molecule has 4 heteroatoms. The minimum atomic E-state index is -0.457. The van der Waals surface area contributed by atoms with Crippen LogP contribution in [0.25, 0.3) is 0 Å². The van der Waals surface area contributed by atoms with Crippen LogP contribution in [-0.4, -0.2) is 35.3 Å². The Kier molecular flexibility index (Phi) is 3.67. The lowest BCUT2D eigenvalue weighted by Gasteiger charge is -2.47. The van der Waals surface area contributed by atoms with Crippen LogP contribution < -0.4 is 4.74 Å². The first-order valence-electron chi connectivity index (χ1n) is 6.91. The zero-order valence-corrected chi connectivity index (χ0v) is 12.9. The number of benzene rings is 1. The predicted molar refractivity (Wildman–Crippen MR) is 78.0 cm³/mol. The standard InChI is InChI=1S/C16H23NO3/c1-12-6-8-13(9-7-12)19-16(5)10-17(11-16)14(18)20-15(2,3)4/h6-9H,10-11H2,1-5H3. The number of carbonyl (C=O) groups is 1. The van der Waals surface area contributed by atoms with Crippen molar-refractivity contribution in [2.24, 2.45) is 0 Å². The monoisotopic (exact) mass is 277 g/mol. The minimum Gasteiger partial charge on any atom is -0.484 e. The Morgan fingerprint density at radius 2 is 1.75 bits per heavy atom. The van der Waals surface area contributed by atoms with Crippen molar-refractivity contribution in [1.82, 2.24) is 4.90 Å². The lowest BCUT2D eigenvalue weighted by molar-refractivity contribution is -0.0711. The summed E-state index contributed by atoms with van der Waals surface area (Å²) in [6, 6.07) is 7.94. The molecule has 0 bridgehead atoms. The molecule has 1 aliphatic heterocycles. The van der Waals surface area contributed by atoms with E-state index in [0.717, 1.165) is 5.75 Å². The molecule has 0 atom stereocenters. The molecule has 1 aromatic carbocycles. The van der Waals surface area contributed by atoms with E-state index >= 15 is 0 Å². The molecule has 1 fully saturated rings. The SMILES string of the molecule is Cc1ccc(OC2(C)CN(C(=O)OC(C)(C)C)C2)cc1. The van der Waals surface area contributed by atoms with Gasteiger partial charge in [-0.1, -0.05) is 17.7 Å². The molecule has 1 aliphatic rings. The van der Waals surface area contributed by atoms with Gasteiger partial charge in [-0.25, -0.2) is 4.79 Å². The van der Waals surface area contributed by atoms with E-state index in [1.165, 1.54) is 5.56 Å². The van der Waals surface area contributed by atoms with Crippen LogP contribution in [0.15, 0.2) is 24.3 Å². The number of carbonyl (C=O) groups excluding carboxylic acids is 1. The van der Waals surface area contributed by atoms with Crippen molar-refractivity contribution < 1.29 is 14.3 Å². The summed E-state index contributed by atoms with van der Waals surface area (Å²) in [5.41, 5.74) is 0.416. The third kappa shape index (κ3) is 3.65. The van der Waals surface area contributed by atoms with E-state index in [9.17, 15) is 4.79 Å². The van der Waals surface area contributed by atoms with Crippen LogP contribution in [0.4, 0.5) is 4.79 Å². The van der Waals surface area contributed by atoms with Crippen LogP contribution in [0.1, 0.15) is 33.3 Å². The number of aryl methyl sites for hydroxylation is 1. The third-order valence-corrected chi connectivity index (χ3v) is 3.09. The van der Waals surface area contributed by atoms with Gasteiger partial charge in [0.25, 0.3) is 0 Å². The quantitative estimate of drug-likeness (QED) is 0.831. The van der Waals surface area contributed by atoms with Gasteiger partial charge in [-0.3, -0.25) is 0 Å². The summed E-state index contributed by atoms with van der Waals surface area (Å²) in [7, 11) is 0. The number of hydrogen-bond acceptors (Lipinski definition) is 3. The van der Waals surface area contributed by atoms with E-state index in [2.05, 4.69) is 0 Å². The number of amides is 1. The van der Waals surface area contributed by atoms with Gasteiger partial charge in [0.2, 0.25) is 0 Å². The van der Waals surface area contributed by atoms with Crippen LogP contribution in [0.3, 0.4) is 0 Å². The van der Waals surface area contributed by atoms with Gasteiger partial charge in [0, 0.05) is 0 Å². The molecule has 0 spiro atoms. The van der Waals surface area contributed by atoms with Gasteiger partial charge in [0.15, 0.2) is 0 Å². The van der Waals surface area contributed by atoms with Gasteiger partial charge in [-0.05, 0) is 46.8 Å². The summed E-state index contributed by atoms with van der Waals surface area (Å²) in [6.07, 6.45) is -0.275. The fourth-order valence-corrected chi connectivity index (χ4v) is 2.17. The third-order valence-electron chi connectivity index (χ3n) is 3.09. The first-order chi connectivity index (χ1) is 9.17. The van der Waals surface area contributed by atoms with Crippen molar-refractivity contribution in [3.05, 3.63) is 29.8 Å². The largest absolute Gasteiger partial charge is 0.484 e. The van der Waals surface area contributed by atoms with Gasteiger partial charge in [-0.15, -0.1) is 0 Å².